The Bertz CT molecular complexity index is 1180. The molecular formula is C23H25N5O4. The summed E-state index contributed by atoms with van der Waals surface area (Å²) in [6, 6.07) is 14.8. The number of anilines is 1. The zero-order valence-corrected chi connectivity index (χ0v) is 17.8. The number of hydrogen-bond donors (Lipinski definition) is 2. The van der Waals surface area contributed by atoms with Gasteiger partial charge in [0, 0.05) is 31.6 Å². The smallest absolute Gasteiger partial charge is 0.272 e. The lowest BCUT2D eigenvalue weighted by Crippen LogP contribution is -2.51. The van der Waals surface area contributed by atoms with Crippen molar-refractivity contribution in [1.29, 1.82) is 0 Å². The van der Waals surface area contributed by atoms with Crippen LogP contribution in [0.25, 0.3) is 10.8 Å². The van der Waals surface area contributed by atoms with Crippen molar-refractivity contribution in [2.45, 2.75) is 6.42 Å². The molecule has 2 aromatic carbocycles. The van der Waals surface area contributed by atoms with Crippen LogP contribution in [0, 0.1) is 0 Å². The molecule has 0 atom stereocenters. The van der Waals surface area contributed by atoms with Crippen molar-refractivity contribution in [1.82, 2.24) is 20.4 Å². The van der Waals surface area contributed by atoms with Crippen molar-refractivity contribution in [2.75, 3.05) is 44.7 Å². The van der Waals surface area contributed by atoms with Crippen LogP contribution in [0.1, 0.15) is 5.69 Å². The van der Waals surface area contributed by atoms with E-state index in [0.717, 1.165) is 11.4 Å². The largest absolute Gasteiger partial charge is 0.495 e. The molecule has 2 amide bonds. The summed E-state index contributed by atoms with van der Waals surface area (Å²) in [6.07, 6.45) is -0.0217. The van der Waals surface area contributed by atoms with Gasteiger partial charge in [0.05, 0.1) is 36.8 Å². The molecule has 9 nitrogen and oxygen atoms in total. The molecule has 0 saturated carbocycles. The number of ether oxygens (including phenoxy) is 1. The van der Waals surface area contributed by atoms with Crippen molar-refractivity contribution in [3.05, 3.63) is 64.6 Å². The number of benzene rings is 2. The summed E-state index contributed by atoms with van der Waals surface area (Å²) in [5, 5.41) is 10.2. The molecule has 0 aliphatic carbocycles. The number of aromatic amines is 1. The summed E-state index contributed by atoms with van der Waals surface area (Å²) >= 11 is 0. The quantitative estimate of drug-likeness (QED) is 0.597. The van der Waals surface area contributed by atoms with Crippen LogP contribution in [0.2, 0.25) is 0 Å². The van der Waals surface area contributed by atoms with Crippen molar-refractivity contribution in [3.8, 4) is 5.75 Å². The lowest BCUT2D eigenvalue weighted by atomic mass is 10.1. The van der Waals surface area contributed by atoms with E-state index in [4.69, 9.17) is 4.74 Å². The molecule has 3 aromatic rings. The minimum absolute atomic E-state index is 0.0217. The summed E-state index contributed by atoms with van der Waals surface area (Å²) in [4.78, 5) is 40.8. The maximum atomic E-state index is 12.6. The highest BCUT2D eigenvalue weighted by Gasteiger charge is 2.23. The van der Waals surface area contributed by atoms with Crippen LogP contribution in [0.15, 0.2) is 53.3 Å². The molecule has 0 radical (unpaired) electrons. The zero-order chi connectivity index (χ0) is 22.5. The maximum absolute atomic E-state index is 12.6. The predicted octanol–water partition coefficient (Wildman–Crippen LogP) is 0.939. The van der Waals surface area contributed by atoms with Gasteiger partial charge in [0.15, 0.2) is 0 Å². The van der Waals surface area contributed by atoms with E-state index >= 15 is 0 Å². The molecule has 2 N–H and O–H groups in total. The molecule has 1 saturated heterocycles. The lowest BCUT2D eigenvalue weighted by molar-refractivity contribution is -0.133. The molecule has 166 valence electrons. The predicted molar refractivity (Wildman–Crippen MR) is 121 cm³/mol. The Hall–Kier alpha value is -3.88. The molecule has 1 fully saturated rings. The molecule has 32 heavy (non-hydrogen) atoms. The normalized spacial score (nSPS) is 13.8. The molecule has 2 heterocycles. The lowest BCUT2D eigenvalue weighted by Gasteiger charge is -2.36. The molecule has 1 aliphatic rings. The van der Waals surface area contributed by atoms with Gasteiger partial charge < -0.3 is 19.9 Å². The highest BCUT2D eigenvalue weighted by Crippen LogP contribution is 2.28. The van der Waals surface area contributed by atoms with Gasteiger partial charge in [-0.05, 0) is 18.2 Å². The first-order valence-corrected chi connectivity index (χ1v) is 10.5. The fourth-order valence-corrected chi connectivity index (χ4v) is 3.89. The van der Waals surface area contributed by atoms with E-state index in [-0.39, 0.29) is 30.3 Å². The third-order valence-corrected chi connectivity index (χ3v) is 5.60. The highest BCUT2D eigenvalue weighted by molar-refractivity contribution is 5.90. The monoisotopic (exact) mass is 435 g/mol. The Labute approximate surface area is 185 Å². The molecule has 0 spiro atoms. The third-order valence-electron chi connectivity index (χ3n) is 5.60. The van der Waals surface area contributed by atoms with Crippen molar-refractivity contribution >= 4 is 28.3 Å². The number of para-hydroxylation sites is 2. The van der Waals surface area contributed by atoms with Crippen molar-refractivity contribution < 1.29 is 14.3 Å². The summed E-state index contributed by atoms with van der Waals surface area (Å²) < 4.78 is 5.43. The maximum Gasteiger partial charge on any atom is 0.272 e. The van der Waals surface area contributed by atoms with E-state index in [1.54, 1.807) is 36.3 Å². The van der Waals surface area contributed by atoms with Gasteiger partial charge in [-0.2, -0.15) is 5.10 Å². The van der Waals surface area contributed by atoms with E-state index in [1.807, 2.05) is 24.3 Å². The van der Waals surface area contributed by atoms with E-state index in [1.165, 1.54) is 0 Å². The van der Waals surface area contributed by atoms with E-state index < -0.39 is 0 Å². The van der Waals surface area contributed by atoms with Gasteiger partial charge in [-0.3, -0.25) is 14.4 Å². The summed E-state index contributed by atoms with van der Waals surface area (Å²) in [5.41, 5.74) is 1.18. The SMILES string of the molecule is COc1ccccc1N1CCN(C(=O)CNC(=O)Cc2n[nH]c(=O)c3ccccc23)CC1. The van der Waals surface area contributed by atoms with Gasteiger partial charge in [0.1, 0.15) is 5.75 Å². The van der Waals surface area contributed by atoms with Crippen LogP contribution in [-0.2, 0) is 16.0 Å². The molecule has 0 unspecified atom stereocenters. The molecule has 9 heteroatoms. The second kappa shape index (κ2) is 9.51. The number of amides is 2. The average molecular weight is 435 g/mol. The van der Waals surface area contributed by atoms with E-state index in [2.05, 4.69) is 20.4 Å². The number of fused-ring (bicyclic) bond motifs is 1. The van der Waals surface area contributed by atoms with Gasteiger partial charge >= 0.3 is 0 Å². The zero-order valence-electron chi connectivity index (χ0n) is 17.8. The Kier molecular flexibility index (Phi) is 6.34. The first-order valence-electron chi connectivity index (χ1n) is 10.5. The number of rotatable bonds is 6. The van der Waals surface area contributed by atoms with Crippen LogP contribution >= 0.6 is 0 Å². The van der Waals surface area contributed by atoms with Crippen LogP contribution in [-0.4, -0.2) is 66.7 Å². The molecule has 0 bridgehead atoms. The number of nitrogens with zero attached hydrogens (tertiary/aromatic N) is 3. The minimum atomic E-state index is -0.323. The minimum Gasteiger partial charge on any atom is -0.495 e. The van der Waals surface area contributed by atoms with E-state index in [9.17, 15) is 14.4 Å². The second-order valence-corrected chi connectivity index (χ2v) is 7.54. The van der Waals surface area contributed by atoms with Crippen molar-refractivity contribution in [2.24, 2.45) is 0 Å². The Morgan fingerprint density at radius 1 is 1.03 bits per heavy atom. The molecule has 1 aliphatic heterocycles. The van der Waals surface area contributed by atoms with E-state index in [0.29, 0.717) is 42.6 Å². The number of methoxy groups -OCH3 is 1. The highest BCUT2D eigenvalue weighted by atomic mass is 16.5. The third kappa shape index (κ3) is 4.56. The number of aromatic nitrogens is 2. The standard InChI is InChI=1S/C23H25N5O4/c1-32-20-9-5-4-8-19(20)27-10-12-28(13-11-27)22(30)15-24-21(29)14-18-16-6-2-3-7-17(16)23(31)26-25-18/h2-9H,10-15H2,1H3,(H,24,29)(H,26,31). The summed E-state index contributed by atoms with van der Waals surface area (Å²) in [6.45, 7) is 2.44. The van der Waals surface area contributed by atoms with Crippen molar-refractivity contribution in [3.63, 3.8) is 0 Å². The molecular weight excluding hydrogens is 410 g/mol. The fourth-order valence-electron chi connectivity index (χ4n) is 3.89. The first kappa shape index (κ1) is 21.4. The van der Waals surface area contributed by atoms with Crippen LogP contribution < -0.4 is 20.5 Å². The summed E-state index contributed by atoms with van der Waals surface area (Å²) in [5.74, 6) is 0.357. The van der Waals surface area contributed by atoms with Gasteiger partial charge in [-0.15, -0.1) is 0 Å². The van der Waals surface area contributed by atoms with Crippen LogP contribution in [0.4, 0.5) is 5.69 Å². The average Bonchev–Trinajstić information content (AvgIpc) is 2.84. The number of hydrogen-bond acceptors (Lipinski definition) is 6. The number of carbonyl (C=O) groups excluding carboxylic acids is 2. The molecule has 1 aromatic heterocycles. The second-order valence-electron chi connectivity index (χ2n) is 7.54. The number of piperazine rings is 1. The van der Waals surface area contributed by atoms with Gasteiger partial charge in [0.25, 0.3) is 5.56 Å². The first-order chi connectivity index (χ1) is 15.6. The molecule has 4 rings (SSSR count). The van der Waals surface area contributed by atoms with Crippen LogP contribution in [0.5, 0.6) is 5.75 Å². The fraction of sp³-hybridized carbons (Fsp3) is 0.304. The summed E-state index contributed by atoms with van der Waals surface area (Å²) in [7, 11) is 1.65. The Morgan fingerprint density at radius 2 is 1.72 bits per heavy atom. The van der Waals surface area contributed by atoms with Gasteiger partial charge in [-0.1, -0.05) is 30.3 Å². The number of H-pyrrole nitrogens is 1. The topological polar surface area (TPSA) is 108 Å². The van der Waals surface area contributed by atoms with Gasteiger partial charge in [0.2, 0.25) is 11.8 Å². The number of carbonyl (C=O) groups is 2. The van der Waals surface area contributed by atoms with Gasteiger partial charge in [-0.25, -0.2) is 5.10 Å². The Morgan fingerprint density at radius 3 is 2.47 bits per heavy atom. The van der Waals surface area contributed by atoms with Crippen LogP contribution in [0.3, 0.4) is 0 Å². The number of nitrogens with one attached hydrogen (secondary N) is 2. The Balaban J connectivity index is 1.30.